The van der Waals surface area contributed by atoms with Crippen molar-refractivity contribution in [2.45, 2.75) is 18.4 Å². The lowest BCUT2D eigenvalue weighted by molar-refractivity contribution is 0.0381. The number of hydrogen-bond acceptors (Lipinski definition) is 5. The van der Waals surface area contributed by atoms with Crippen molar-refractivity contribution in [3.8, 4) is 5.75 Å². The van der Waals surface area contributed by atoms with Crippen LogP contribution in [0.15, 0.2) is 48.5 Å². The van der Waals surface area contributed by atoms with Gasteiger partial charge in [0.15, 0.2) is 0 Å². The smallest absolute Gasteiger partial charge is 0.338 e. The Morgan fingerprint density at radius 3 is 2.41 bits per heavy atom. The highest BCUT2D eigenvalue weighted by atomic mass is 16.5. The van der Waals surface area contributed by atoms with Crippen LogP contribution in [0.1, 0.15) is 38.6 Å². The third-order valence-electron chi connectivity index (χ3n) is 4.91. The number of carbonyl (C=O) groups excluding carboxylic acids is 2. The van der Waals surface area contributed by atoms with E-state index in [2.05, 4.69) is 0 Å². The SMILES string of the molecule is COC(=O)c1cc(OC)cc(C(=O)N2CC[C@@H](c3ccccc3)[C@H](O)C2)c1. The average Bonchev–Trinajstić information content (AvgIpc) is 2.72. The first kappa shape index (κ1) is 18.9. The minimum atomic E-state index is -0.643. The molecule has 1 aliphatic heterocycles. The third kappa shape index (κ3) is 4.11. The molecule has 1 aliphatic rings. The number of aliphatic hydroxyl groups is 1. The highest BCUT2D eigenvalue weighted by Gasteiger charge is 2.31. The maximum atomic E-state index is 12.9. The molecule has 142 valence electrons. The number of aliphatic hydroxyl groups excluding tert-OH is 1. The number of ether oxygens (including phenoxy) is 2. The highest BCUT2D eigenvalue weighted by Crippen LogP contribution is 2.29. The fraction of sp³-hybridized carbons (Fsp3) is 0.333. The number of amides is 1. The van der Waals surface area contributed by atoms with Gasteiger partial charge in [-0.3, -0.25) is 4.79 Å². The van der Waals surface area contributed by atoms with Gasteiger partial charge in [0.25, 0.3) is 5.91 Å². The second-order valence-corrected chi connectivity index (χ2v) is 6.57. The van der Waals surface area contributed by atoms with Gasteiger partial charge < -0.3 is 19.5 Å². The van der Waals surface area contributed by atoms with Crippen molar-refractivity contribution in [1.82, 2.24) is 4.90 Å². The van der Waals surface area contributed by atoms with Crippen LogP contribution in [0.3, 0.4) is 0 Å². The molecule has 0 bridgehead atoms. The highest BCUT2D eigenvalue weighted by molar-refractivity contribution is 5.98. The Morgan fingerprint density at radius 2 is 1.78 bits per heavy atom. The van der Waals surface area contributed by atoms with Crippen molar-refractivity contribution < 1.29 is 24.2 Å². The zero-order valence-corrected chi connectivity index (χ0v) is 15.4. The molecule has 2 atom stereocenters. The first-order valence-electron chi connectivity index (χ1n) is 8.83. The van der Waals surface area contributed by atoms with E-state index in [-0.39, 0.29) is 23.9 Å². The zero-order chi connectivity index (χ0) is 19.4. The molecule has 27 heavy (non-hydrogen) atoms. The molecule has 2 aromatic rings. The number of rotatable bonds is 4. The molecule has 0 spiro atoms. The summed E-state index contributed by atoms with van der Waals surface area (Å²) in [6, 6.07) is 14.4. The summed E-state index contributed by atoms with van der Waals surface area (Å²) in [6.45, 7) is 0.767. The summed E-state index contributed by atoms with van der Waals surface area (Å²) >= 11 is 0. The molecular formula is C21H23NO5. The van der Waals surface area contributed by atoms with Gasteiger partial charge in [-0.1, -0.05) is 30.3 Å². The molecule has 0 radical (unpaired) electrons. The van der Waals surface area contributed by atoms with Gasteiger partial charge in [0, 0.05) is 24.6 Å². The van der Waals surface area contributed by atoms with Gasteiger partial charge in [-0.15, -0.1) is 0 Å². The van der Waals surface area contributed by atoms with Gasteiger partial charge in [-0.05, 0) is 30.2 Å². The van der Waals surface area contributed by atoms with Crippen LogP contribution in [0.25, 0.3) is 0 Å². The number of piperidine rings is 1. The normalized spacial score (nSPS) is 19.4. The fourth-order valence-electron chi connectivity index (χ4n) is 3.46. The largest absolute Gasteiger partial charge is 0.497 e. The second-order valence-electron chi connectivity index (χ2n) is 6.57. The van der Waals surface area contributed by atoms with Crippen LogP contribution >= 0.6 is 0 Å². The van der Waals surface area contributed by atoms with Crippen LogP contribution in [0.4, 0.5) is 0 Å². The maximum absolute atomic E-state index is 12.9. The van der Waals surface area contributed by atoms with E-state index < -0.39 is 12.1 Å². The summed E-state index contributed by atoms with van der Waals surface area (Å²) in [5.41, 5.74) is 1.66. The maximum Gasteiger partial charge on any atom is 0.338 e. The Bertz CT molecular complexity index is 821. The topological polar surface area (TPSA) is 76.1 Å². The Labute approximate surface area is 158 Å². The Balaban J connectivity index is 1.78. The molecule has 0 unspecified atom stereocenters. The van der Waals surface area contributed by atoms with E-state index >= 15 is 0 Å². The van der Waals surface area contributed by atoms with Gasteiger partial charge in [-0.25, -0.2) is 4.79 Å². The monoisotopic (exact) mass is 369 g/mol. The van der Waals surface area contributed by atoms with Gasteiger partial charge in [0.2, 0.25) is 0 Å². The lowest BCUT2D eigenvalue weighted by atomic mass is 9.87. The number of likely N-dealkylation sites (tertiary alicyclic amines) is 1. The summed E-state index contributed by atoms with van der Waals surface area (Å²) in [7, 11) is 2.76. The fourth-order valence-corrected chi connectivity index (χ4v) is 3.46. The molecular weight excluding hydrogens is 346 g/mol. The number of methoxy groups -OCH3 is 2. The van der Waals surface area contributed by atoms with Crippen molar-refractivity contribution in [3.63, 3.8) is 0 Å². The molecule has 1 amide bonds. The predicted octanol–water partition coefficient (Wildman–Crippen LogP) is 2.47. The van der Waals surface area contributed by atoms with Crippen molar-refractivity contribution in [1.29, 1.82) is 0 Å². The number of esters is 1. The van der Waals surface area contributed by atoms with Crippen molar-refractivity contribution >= 4 is 11.9 Å². The molecule has 1 heterocycles. The molecule has 0 aromatic heterocycles. The Morgan fingerprint density at radius 1 is 1.07 bits per heavy atom. The van der Waals surface area contributed by atoms with E-state index in [1.54, 1.807) is 11.0 Å². The zero-order valence-electron chi connectivity index (χ0n) is 15.4. The van der Waals surface area contributed by atoms with Crippen LogP contribution in [0.5, 0.6) is 5.75 Å². The minimum absolute atomic E-state index is 0.00573. The van der Waals surface area contributed by atoms with Crippen LogP contribution in [-0.2, 0) is 4.74 Å². The van der Waals surface area contributed by atoms with Crippen molar-refractivity contribution in [2.24, 2.45) is 0 Å². The van der Waals surface area contributed by atoms with Crippen LogP contribution in [-0.4, -0.2) is 55.3 Å². The van der Waals surface area contributed by atoms with E-state index in [4.69, 9.17) is 9.47 Å². The van der Waals surface area contributed by atoms with Crippen molar-refractivity contribution in [3.05, 3.63) is 65.2 Å². The first-order chi connectivity index (χ1) is 13.0. The quantitative estimate of drug-likeness (QED) is 0.838. The molecule has 2 aromatic carbocycles. The minimum Gasteiger partial charge on any atom is -0.497 e. The Kier molecular flexibility index (Phi) is 5.76. The molecule has 0 saturated carbocycles. The molecule has 0 aliphatic carbocycles. The lowest BCUT2D eigenvalue weighted by Gasteiger charge is -2.36. The first-order valence-corrected chi connectivity index (χ1v) is 8.83. The van der Waals surface area contributed by atoms with E-state index in [1.165, 1.54) is 26.4 Å². The second kappa shape index (κ2) is 8.22. The number of hydrogen-bond donors (Lipinski definition) is 1. The van der Waals surface area contributed by atoms with Crippen LogP contribution < -0.4 is 4.74 Å². The number of benzene rings is 2. The summed E-state index contributed by atoms with van der Waals surface area (Å²) < 4.78 is 9.93. The Hall–Kier alpha value is -2.86. The molecule has 1 fully saturated rings. The van der Waals surface area contributed by atoms with E-state index in [9.17, 15) is 14.7 Å². The summed E-state index contributed by atoms with van der Waals surface area (Å²) in [6.07, 6.45) is 0.0286. The molecule has 3 rings (SSSR count). The summed E-state index contributed by atoms with van der Waals surface area (Å²) in [5.74, 6) is -0.373. The number of β-amino-alcohol motifs (C(OH)–C–C–N with tert-alkyl or cyclic N) is 1. The third-order valence-corrected chi connectivity index (χ3v) is 4.91. The van der Waals surface area contributed by atoms with Gasteiger partial charge in [-0.2, -0.15) is 0 Å². The van der Waals surface area contributed by atoms with E-state index in [1.807, 2.05) is 30.3 Å². The summed E-state index contributed by atoms with van der Waals surface area (Å²) in [4.78, 5) is 26.4. The summed E-state index contributed by atoms with van der Waals surface area (Å²) in [5, 5.41) is 10.6. The lowest BCUT2D eigenvalue weighted by Crippen LogP contribution is -2.45. The van der Waals surface area contributed by atoms with Crippen LogP contribution in [0, 0.1) is 0 Å². The van der Waals surface area contributed by atoms with Gasteiger partial charge >= 0.3 is 5.97 Å². The average molecular weight is 369 g/mol. The molecule has 6 nitrogen and oxygen atoms in total. The molecule has 1 N–H and O–H groups in total. The van der Waals surface area contributed by atoms with Crippen LogP contribution in [0.2, 0.25) is 0 Å². The molecule has 6 heteroatoms. The van der Waals surface area contributed by atoms with Crippen molar-refractivity contribution in [2.75, 3.05) is 27.3 Å². The number of nitrogens with zero attached hydrogens (tertiary/aromatic N) is 1. The predicted molar refractivity (Wildman–Crippen MR) is 100 cm³/mol. The number of carbonyl (C=O) groups is 2. The standard InChI is InChI=1S/C21H23NO5/c1-26-17-11-15(10-16(12-17)21(25)27-2)20(24)22-9-8-18(19(23)13-22)14-6-4-3-5-7-14/h3-7,10-12,18-19,23H,8-9,13H2,1-2H3/t18-,19+/m0/s1. The van der Waals surface area contributed by atoms with Gasteiger partial charge in [0.1, 0.15) is 5.75 Å². The molecule has 1 saturated heterocycles. The van der Waals surface area contributed by atoms with Gasteiger partial charge in [0.05, 0.1) is 25.9 Å². The van der Waals surface area contributed by atoms with E-state index in [0.717, 1.165) is 5.56 Å². The van der Waals surface area contributed by atoms with E-state index in [0.29, 0.717) is 24.3 Å².